The van der Waals surface area contributed by atoms with E-state index in [0.29, 0.717) is 6.54 Å². The van der Waals surface area contributed by atoms with Crippen LogP contribution in [0.2, 0.25) is 0 Å². The van der Waals surface area contributed by atoms with Gasteiger partial charge in [0.05, 0.1) is 12.6 Å². The van der Waals surface area contributed by atoms with Gasteiger partial charge in [0.1, 0.15) is 5.82 Å². The van der Waals surface area contributed by atoms with Crippen LogP contribution >= 0.6 is 0 Å². The zero-order valence-electron chi connectivity index (χ0n) is 8.53. The van der Waals surface area contributed by atoms with Gasteiger partial charge in [-0.25, -0.2) is 4.39 Å². The molecule has 1 aromatic carbocycles. The van der Waals surface area contributed by atoms with Crippen LogP contribution in [-0.4, -0.2) is 24.8 Å². The van der Waals surface area contributed by atoms with Crippen LogP contribution in [0, 0.1) is 5.82 Å². The molecule has 0 aliphatic carbocycles. The van der Waals surface area contributed by atoms with Gasteiger partial charge >= 0.3 is 0 Å². The minimum Gasteiger partial charge on any atom is -0.329 e. The van der Waals surface area contributed by atoms with Gasteiger partial charge in [0, 0.05) is 13.1 Å². The number of nitrogens with zero attached hydrogens (tertiary/aromatic N) is 1. The van der Waals surface area contributed by atoms with Crippen molar-refractivity contribution in [2.75, 3.05) is 19.7 Å². The lowest BCUT2D eigenvalue weighted by atomic mass is 10.1. The number of hydrogen-bond acceptors (Lipinski definition) is 3. The molecule has 15 heavy (non-hydrogen) atoms. The maximum Gasteiger partial charge on any atom is 0.123 e. The van der Waals surface area contributed by atoms with Crippen molar-refractivity contribution in [3.8, 4) is 0 Å². The molecule has 0 spiro atoms. The van der Waals surface area contributed by atoms with Crippen molar-refractivity contribution in [3.05, 3.63) is 35.6 Å². The predicted molar refractivity (Wildman–Crippen MR) is 55.5 cm³/mol. The second kappa shape index (κ2) is 4.70. The lowest BCUT2D eigenvalue weighted by Crippen LogP contribution is -2.30. The molecule has 1 unspecified atom stereocenters. The van der Waals surface area contributed by atoms with Crippen molar-refractivity contribution in [1.82, 2.24) is 5.06 Å². The molecule has 2 rings (SSSR count). The number of rotatable bonds is 3. The largest absolute Gasteiger partial charge is 0.329 e. The average molecular weight is 210 g/mol. The lowest BCUT2D eigenvalue weighted by molar-refractivity contribution is -0.140. The second-order valence-electron chi connectivity index (χ2n) is 3.63. The molecular formula is C11H15FN2O. The number of benzene rings is 1. The number of halogens is 1. The third-order valence-corrected chi connectivity index (χ3v) is 2.58. The first-order valence-corrected chi connectivity index (χ1v) is 5.16. The van der Waals surface area contributed by atoms with Gasteiger partial charge in [-0.2, -0.15) is 5.06 Å². The van der Waals surface area contributed by atoms with Gasteiger partial charge in [0.2, 0.25) is 0 Å². The van der Waals surface area contributed by atoms with Crippen molar-refractivity contribution >= 4 is 0 Å². The summed E-state index contributed by atoms with van der Waals surface area (Å²) >= 11 is 0. The summed E-state index contributed by atoms with van der Waals surface area (Å²) in [6.07, 6.45) is 1.01. The van der Waals surface area contributed by atoms with E-state index in [1.807, 2.05) is 11.1 Å². The molecule has 0 aromatic heterocycles. The van der Waals surface area contributed by atoms with E-state index in [9.17, 15) is 4.39 Å². The summed E-state index contributed by atoms with van der Waals surface area (Å²) in [5, 5.41) is 1.84. The summed E-state index contributed by atoms with van der Waals surface area (Å²) in [5.41, 5.74) is 6.57. The minimum atomic E-state index is -0.231. The zero-order chi connectivity index (χ0) is 10.7. The van der Waals surface area contributed by atoms with Gasteiger partial charge in [-0.05, 0) is 24.1 Å². The molecule has 0 saturated carbocycles. The highest BCUT2D eigenvalue weighted by Gasteiger charge is 2.23. The summed E-state index contributed by atoms with van der Waals surface area (Å²) in [6.45, 7) is 2.02. The molecule has 2 N–H and O–H groups in total. The molecule has 0 radical (unpaired) electrons. The Bertz CT molecular complexity index is 326. The Balaban J connectivity index is 2.18. The molecular weight excluding hydrogens is 195 g/mol. The third kappa shape index (κ3) is 2.34. The maximum absolute atomic E-state index is 13.1. The Morgan fingerprint density at radius 3 is 3.00 bits per heavy atom. The standard InChI is InChI=1S/C11H15FN2O/c12-10-4-1-3-9(7-10)11(8-13)14-5-2-6-15-14/h1,3-4,7,11H,2,5-6,8,13H2. The quantitative estimate of drug-likeness (QED) is 0.821. The van der Waals surface area contributed by atoms with Crippen LogP contribution in [0.3, 0.4) is 0 Å². The van der Waals surface area contributed by atoms with E-state index in [2.05, 4.69) is 0 Å². The van der Waals surface area contributed by atoms with Gasteiger partial charge in [-0.15, -0.1) is 0 Å². The number of hydrogen-bond donors (Lipinski definition) is 1. The van der Waals surface area contributed by atoms with Crippen molar-refractivity contribution in [3.63, 3.8) is 0 Å². The molecule has 4 heteroatoms. The second-order valence-corrected chi connectivity index (χ2v) is 3.63. The molecule has 3 nitrogen and oxygen atoms in total. The van der Waals surface area contributed by atoms with Gasteiger partial charge < -0.3 is 5.73 Å². The van der Waals surface area contributed by atoms with Gasteiger partial charge in [-0.3, -0.25) is 4.84 Å². The molecule has 1 aliphatic heterocycles. The zero-order valence-corrected chi connectivity index (χ0v) is 8.53. The Morgan fingerprint density at radius 1 is 1.53 bits per heavy atom. The maximum atomic E-state index is 13.1. The fourth-order valence-electron chi connectivity index (χ4n) is 1.85. The van der Waals surface area contributed by atoms with E-state index in [1.54, 1.807) is 6.07 Å². The van der Waals surface area contributed by atoms with Crippen molar-refractivity contribution in [1.29, 1.82) is 0 Å². The first-order valence-electron chi connectivity index (χ1n) is 5.16. The topological polar surface area (TPSA) is 38.5 Å². The molecule has 0 amide bonds. The highest BCUT2D eigenvalue weighted by atomic mass is 19.1. The van der Waals surface area contributed by atoms with Gasteiger partial charge in [-0.1, -0.05) is 12.1 Å². The SMILES string of the molecule is NCC(c1cccc(F)c1)N1CCCO1. The predicted octanol–water partition coefficient (Wildman–Crippen LogP) is 1.46. The molecule has 1 saturated heterocycles. The van der Waals surface area contributed by atoms with Crippen LogP contribution in [0.1, 0.15) is 18.0 Å². The lowest BCUT2D eigenvalue weighted by Gasteiger charge is -2.24. The molecule has 1 heterocycles. The first kappa shape index (κ1) is 10.5. The summed E-state index contributed by atoms with van der Waals surface area (Å²) < 4.78 is 13.1. The molecule has 1 atom stereocenters. The summed E-state index contributed by atoms with van der Waals surface area (Å²) in [5.74, 6) is -0.231. The Hall–Kier alpha value is -0.970. The third-order valence-electron chi connectivity index (χ3n) is 2.58. The Morgan fingerprint density at radius 2 is 2.40 bits per heavy atom. The van der Waals surface area contributed by atoms with Crippen LogP contribution in [0.4, 0.5) is 4.39 Å². The first-order chi connectivity index (χ1) is 7.31. The number of nitrogens with two attached hydrogens (primary N) is 1. The van der Waals surface area contributed by atoms with E-state index < -0.39 is 0 Å². The molecule has 82 valence electrons. The van der Waals surface area contributed by atoms with Crippen LogP contribution in [-0.2, 0) is 4.84 Å². The molecule has 1 aliphatic rings. The van der Waals surface area contributed by atoms with E-state index in [1.165, 1.54) is 12.1 Å². The van der Waals surface area contributed by atoms with Crippen LogP contribution < -0.4 is 5.73 Å². The average Bonchev–Trinajstić information content (AvgIpc) is 2.72. The summed E-state index contributed by atoms with van der Waals surface area (Å²) in [4.78, 5) is 5.43. The molecule has 0 bridgehead atoms. The van der Waals surface area contributed by atoms with E-state index in [0.717, 1.165) is 25.1 Å². The summed E-state index contributed by atoms with van der Waals surface area (Å²) in [7, 11) is 0. The van der Waals surface area contributed by atoms with Gasteiger partial charge in [0.15, 0.2) is 0 Å². The normalized spacial score (nSPS) is 19.3. The fraction of sp³-hybridized carbons (Fsp3) is 0.455. The fourth-order valence-corrected chi connectivity index (χ4v) is 1.85. The Kier molecular flexibility index (Phi) is 3.30. The number of hydroxylamine groups is 2. The van der Waals surface area contributed by atoms with E-state index in [-0.39, 0.29) is 11.9 Å². The van der Waals surface area contributed by atoms with E-state index >= 15 is 0 Å². The van der Waals surface area contributed by atoms with Crippen LogP contribution in [0.25, 0.3) is 0 Å². The molecule has 1 aromatic rings. The highest BCUT2D eigenvalue weighted by Crippen LogP contribution is 2.23. The van der Waals surface area contributed by atoms with Crippen LogP contribution in [0.5, 0.6) is 0 Å². The highest BCUT2D eigenvalue weighted by molar-refractivity contribution is 5.20. The monoisotopic (exact) mass is 210 g/mol. The smallest absolute Gasteiger partial charge is 0.123 e. The Labute approximate surface area is 88.6 Å². The minimum absolute atomic E-state index is 0.0387. The molecule has 1 fully saturated rings. The van der Waals surface area contributed by atoms with Crippen LogP contribution in [0.15, 0.2) is 24.3 Å². The summed E-state index contributed by atoms with van der Waals surface area (Å²) in [6, 6.07) is 6.48. The van der Waals surface area contributed by atoms with Crippen molar-refractivity contribution in [2.45, 2.75) is 12.5 Å². The van der Waals surface area contributed by atoms with Gasteiger partial charge in [0.25, 0.3) is 0 Å². The van der Waals surface area contributed by atoms with E-state index in [4.69, 9.17) is 10.6 Å². The van der Waals surface area contributed by atoms with Crippen molar-refractivity contribution < 1.29 is 9.23 Å². The van der Waals surface area contributed by atoms with Crippen molar-refractivity contribution in [2.24, 2.45) is 5.73 Å².